The number of furan rings is 2. The fourth-order valence-corrected chi connectivity index (χ4v) is 9.13. The van der Waals surface area contributed by atoms with E-state index in [-0.39, 0.29) is 0 Å². The molecule has 0 aliphatic rings. The largest absolute Gasteiger partial charge is 0.455 e. The molecular weight excluding hydrogens is 719 g/mol. The van der Waals surface area contributed by atoms with Crippen molar-refractivity contribution in [2.24, 2.45) is 0 Å². The molecule has 3 nitrogen and oxygen atoms in total. The summed E-state index contributed by atoms with van der Waals surface area (Å²) in [4.78, 5) is 2.40. The van der Waals surface area contributed by atoms with Crippen LogP contribution in [0.2, 0.25) is 0 Å². The molecule has 2 heterocycles. The molecule has 0 aliphatic carbocycles. The summed E-state index contributed by atoms with van der Waals surface area (Å²) in [5.74, 6) is 0. The van der Waals surface area contributed by atoms with Crippen LogP contribution in [-0.2, 0) is 0 Å². The molecule has 0 saturated heterocycles. The molecule has 0 unspecified atom stereocenters. The average molecular weight is 754 g/mol. The smallest absolute Gasteiger partial charge is 0.159 e. The van der Waals surface area contributed by atoms with Crippen molar-refractivity contribution >= 4 is 82.5 Å². The second kappa shape index (κ2) is 13.4. The SMILES string of the molecule is c1ccc(-c2ccc(-c3ccc(N(c4cccc5c4ccc4ccccc45)c4cccc5c4oc4c(-c6ccccc6)cccc45)c4c3oc3ccccc34)cc2)cc1. The summed E-state index contributed by atoms with van der Waals surface area (Å²) in [5.41, 5.74) is 13.1. The van der Waals surface area contributed by atoms with E-state index in [0.29, 0.717) is 0 Å². The van der Waals surface area contributed by atoms with E-state index in [0.717, 1.165) is 88.6 Å². The normalized spacial score (nSPS) is 11.7. The van der Waals surface area contributed by atoms with Crippen molar-refractivity contribution in [3.63, 3.8) is 0 Å². The Morgan fingerprint density at radius 3 is 1.66 bits per heavy atom. The summed E-state index contributed by atoms with van der Waals surface area (Å²) < 4.78 is 14.0. The van der Waals surface area contributed by atoms with Crippen molar-refractivity contribution in [1.82, 2.24) is 0 Å². The van der Waals surface area contributed by atoms with Gasteiger partial charge in [-0.05, 0) is 68.7 Å². The Morgan fingerprint density at radius 2 is 0.847 bits per heavy atom. The zero-order valence-corrected chi connectivity index (χ0v) is 32.0. The van der Waals surface area contributed by atoms with Gasteiger partial charge in [-0.15, -0.1) is 0 Å². The summed E-state index contributed by atoms with van der Waals surface area (Å²) >= 11 is 0. The molecule has 0 saturated carbocycles. The zero-order chi connectivity index (χ0) is 38.9. The van der Waals surface area contributed by atoms with Gasteiger partial charge in [0.15, 0.2) is 5.58 Å². The van der Waals surface area contributed by atoms with Crippen LogP contribution in [0.15, 0.2) is 221 Å². The molecule has 59 heavy (non-hydrogen) atoms. The molecular formula is C56H35NO2. The Hall–Kier alpha value is -7.88. The molecule has 3 heteroatoms. The number of fused-ring (bicyclic) bond motifs is 9. The third-order valence-electron chi connectivity index (χ3n) is 11.9. The number of hydrogen-bond donors (Lipinski definition) is 0. The Balaban J connectivity index is 1.16. The molecule has 0 amide bonds. The average Bonchev–Trinajstić information content (AvgIpc) is 3.90. The van der Waals surface area contributed by atoms with E-state index in [1.165, 1.54) is 27.3 Å². The first-order valence-electron chi connectivity index (χ1n) is 20.1. The van der Waals surface area contributed by atoms with E-state index in [4.69, 9.17) is 8.83 Å². The minimum atomic E-state index is 0.824. The van der Waals surface area contributed by atoms with E-state index in [1.807, 2.05) is 6.07 Å². The molecule has 0 spiro atoms. The highest BCUT2D eigenvalue weighted by molar-refractivity contribution is 6.21. The molecule has 10 aromatic carbocycles. The molecule has 0 radical (unpaired) electrons. The number of para-hydroxylation sites is 3. The van der Waals surface area contributed by atoms with Crippen molar-refractivity contribution in [2.75, 3.05) is 4.90 Å². The van der Waals surface area contributed by atoms with E-state index in [1.54, 1.807) is 0 Å². The monoisotopic (exact) mass is 753 g/mol. The van der Waals surface area contributed by atoms with Crippen LogP contribution < -0.4 is 4.90 Å². The van der Waals surface area contributed by atoms with Gasteiger partial charge >= 0.3 is 0 Å². The number of anilines is 3. The van der Waals surface area contributed by atoms with Gasteiger partial charge in [0, 0.05) is 32.7 Å². The lowest BCUT2D eigenvalue weighted by atomic mass is 9.96. The standard InChI is InChI=1S/C56H35NO2/c1-3-14-36(15-4-1)37-28-30-40(31-29-37)43-34-35-50(53-48-20-9-10-27-52(48)58-56(43)53)57(49-25-12-22-44-41-19-8-7-18-39(41)32-33-45(44)49)51-26-13-24-47-46-23-11-21-42(54(46)59-55(47)51)38-16-5-2-6-17-38/h1-35H. The Kier molecular flexibility index (Phi) is 7.54. The summed E-state index contributed by atoms with van der Waals surface area (Å²) in [7, 11) is 0. The maximum atomic E-state index is 7.13. The quantitative estimate of drug-likeness (QED) is 0.158. The van der Waals surface area contributed by atoms with Gasteiger partial charge < -0.3 is 13.7 Å². The highest BCUT2D eigenvalue weighted by atomic mass is 16.3. The predicted octanol–water partition coefficient (Wildman–Crippen LogP) is 16.3. The van der Waals surface area contributed by atoms with Gasteiger partial charge in [-0.3, -0.25) is 0 Å². The van der Waals surface area contributed by atoms with Gasteiger partial charge in [0.1, 0.15) is 16.7 Å². The van der Waals surface area contributed by atoms with Crippen LogP contribution in [0.4, 0.5) is 17.1 Å². The van der Waals surface area contributed by atoms with Crippen LogP contribution in [0.5, 0.6) is 0 Å². The molecule has 276 valence electrons. The molecule has 0 atom stereocenters. The minimum Gasteiger partial charge on any atom is -0.455 e. The summed E-state index contributed by atoms with van der Waals surface area (Å²) in [6, 6.07) is 75.5. The van der Waals surface area contributed by atoms with Crippen molar-refractivity contribution in [2.45, 2.75) is 0 Å². The highest BCUT2D eigenvalue weighted by Gasteiger charge is 2.26. The van der Waals surface area contributed by atoms with Crippen LogP contribution in [0.25, 0.3) is 98.8 Å². The Morgan fingerprint density at radius 1 is 0.271 bits per heavy atom. The fraction of sp³-hybridized carbons (Fsp3) is 0. The third kappa shape index (κ3) is 5.29. The van der Waals surface area contributed by atoms with Gasteiger partial charge in [-0.2, -0.15) is 0 Å². The van der Waals surface area contributed by atoms with E-state index in [2.05, 4.69) is 211 Å². The number of benzene rings is 10. The number of rotatable bonds is 6. The van der Waals surface area contributed by atoms with Crippen LogP contribution >= 0.6 is 0 Å². The van der Waals surface area contributed by atoms with Crippen LogP contribution in [0.1, 0.15) is 0 Å². The zero-order valence-electron chi connectivity index (χ0n) is 32.0. The van der Waals surface area contributed by atoms with Crippen LogP contribution in [-0.4, -0.2) is 0 Å². The molecule has 0 bridgehead atoms. The van der Waals surface area contributed by atoms with Gasteiger partial charge in [0.05, 0.1) is 22.4 Å². The molecule has 12 aromatic rings. The fourth-order valence-electron chi connectivity index (χ4n) is 9.13. The van der Waals surface area contributed by atoms with Gasteiger partial charge in [-0.25, -0.2) is 0 Å². The summed E-state index contributed by atoms with van der Waals surface area (Å²) in [6.07, 6.45) is 0. The van der Waals surface area contributed by atoms with E-state index < -0.39 is 0 Å². The molecule has 12 rings (SSSR count). The first-order valence-corrected chi connectivity index (χ1v) is 20.1. The topological polar surface area (TPSA) is 29.5 Å². The third-order valence-corrected chi connectivity index (χ3v) is 11.9. The number of nitrogens with zero attached hydrogens (tertiary/aromatic N) is 1. The molecule has 0 fully saturated rings. The molecule has 0 aliphatic heterocycles. The summed E-state index contributed by atoms with van der Waals surface area (Å²) in [5, 5.41) is 9.01. The van der Waals surface area contributed by atoms with Gasteiger partial charge in [-0.1, -0.05) is 182 Å². The maximum absolute atomic E-state index is 7.13. The van der Waals surface area contributed by atoms with Crippen molar-refractivity contribution in [3.8, 4) is 33.4 Å². The van der Waals surface area contributed by atoms with Crippen molar-refractivity contribution in [3.05, 3.63) is 212 Å². The first-order chi connectivity index (χ1) is 29.3. The second-order valence-corrected chi connectivity index (χ2v) is 15.2. The van der Waals surface area contributed by atoms with Gasteiger partial charge in [0.2, 0.25) is 0 Å². The predicted molar refractivity (Wildman–Crippen MR) is 247 cm³/mol. The van der Waals surface area contributed by atoms with E-state index >= 15 is 0 Å². The molecule has 2 aromatic heterocycles. The Bertz CT molecular complexity index is 3540. The second-order valence-electron chi connectivity index (χ2n) is 15.2. The van der Waals surface area contributed by atoms with Crippen molar-refractivity contribution < 1.29 is 8.83 Å². The summed E-state index contributed by atoms with van der Waals surface area (Å²) in [6.45, 7) is 0. The lowest BCUT2D eigenvalue weighted by molar-refractivity contribution is 0.669. The number of hydrogen-bond acceptors (Lipinski definition) is 3. The Labute approximate surface area is 340 Å². The maximum Gasteiger partial charge on any atom is 0.159 e. The lowest BCUT2D eigenvalue weighted by Gasteiger charge is -2.28. The lowest BCUT2D eigenvalue weighted by Crippen LogP contribution is -2.11. The van der Waals surface area contributed by atoms with Crippen molar-refractivity contribution in [1.29, 1.82) is 0 Å². The minimum absolute atomic E-state index is 0.824. The van der Waals surface area contributed by atoms with Gasteiger partial charge in [0.25, 0.3) is 0 Å². The van der Waals surface area contributed by atoms with Crippen LogP contribution in [0.3, 0.4) is 0 Å². The van der Waals surface area contributed by atoms with E-state index in [9.17, 15) is 0 Å². The van der Waals surface area contributed by atoms with Crippen LogP contribution in [0, 0.1) is 0 Å². The first kappa shape index (κ1) is 33.3. The molecule has 0 N–H and O–H groups in total. The highest BCUT2D eigenvalue weighted by Crippen LogP contribution is 2.50.